The molecule has 3 N–H and O–H groups in total. The van der Waals surface area contributed by atoms with Gasteiger partial charge in [-0.15, -0.1) is 0 Å². The molecule has 0 aromatic heterocycles. The second-order valence-electron chi connectivity index (χ2n) is 4.19. The van der Waals surface area contributed by atoms with Gasteiger partial charge in [0, 0.05) is 17.6 Å². The van der Waals surface area contributed by atoms with Crippen molar-refractivity contribution in [2.24, 2.45) is 0 Å². The first-order chi connectivity index (χ1) is 9.35. The number of aliphatic hydroxyl groups excluding tert-OH is 1. The molecular formula is C13H17ClN2O4. The fourth-order valence-electron chi connectivity index (χ4n) is 1.47. The number of nitrogens with one attached hydrogen (secondary N) is 2. The molecule has 1 aromatic rings. The van der Waals surface area contributed by atoms with E-state index in [-0.39, 0.29) is 0 Å². The van der Waals surface area contributed by atoms with Gasteiger partial charge in [-0.1, -0.05) is 11.6 Å². The van der Waals surface area contributed by atoms with E-state index < -0.39 is 24.1 Å². The highest BCUT2D eigenvalue weighted by molar-refractivity contribution is 6.30. The molecule has 7 heteroatoms. The minimum atomic E-state index is -0.897. The molecule has 0 spiro atoms. The number of imide groups is 1. The van der Waals surface area contributed by atoms with Crippen molar-refractivity contribution in [3.63, 3.8) is 0 Å². The lowest BCUT2D eigenvalue weighted by Gasteiger charge is -2.18. The van der Waals surface area contributed by atoms with Crippen LogP contribution in [0.25, 0.3) is 0 Å². The summed E-state index contributed by atoms with van der Waals surface area (Å²) in [4.78, 5) is 22.7. The third kappa shape index (κ3) is 4.40. The van der Waals surface area contributed by atoms with E-state index in [0.29, 0.717) is 16.3 Å². The van der Waals surface area contributed by atoms with Crippen LogP contribution in [0.3, 0.4) is 0 Å². The Morgan fingerprint density at radius 1 is 1.35 bits per heavy atom. The largest absolute Gasteiger partial charge is 0.480 e. The van der Waals surface area contributed by atoms with Crippen molar-refractivity contribution < 1.29 is 19.4 Å². The minimum Gasteiger partial charge on any atom is -0.480 e. The number of aliphatic hydroxyl groups is 1. The van der Waals surface area contributed by atoms with Gasteiger partial charge in [-0.25, -0.2) is 4.79 Å². The van der Waals surface area contributed by atoms with Crippen molar-refractivity contribution in [1.29, 1.82) is 0 Å². The van der Waals surface area contributed by atoms with E-state index in [1.165, 1.54) is 14.0 Å². The monoisotopic (exact) mass is 300 g/mol. The highest BCUT2D eigenvalue weighted by Gasteiger charge is 2.19. The molecule has 3 amide bonds. The summed E-state index contributed by atoms with van der Waals surface area (Å²) in [6, 6.07) is 4.10. The molecule has 20 heavy (non-hydrogen) atoms. The molecule has 1 rings (SSSR count). The number of urea groups is 1. The fourth-order valence-corrected chi connectivity index (χ4v) is 1.65. The standard InChI is InChI=1S/C13H17ClN2O4/c1-7(17)10-6-9(14)4-5-11(10)20-8(2)12(18)16-13(19)15-3/h4-8,17H,1-3H3,(H2,15,16,18,19)/t7-,8?/m1/s1. The van der Waals surface area contributed by atoms with E-state index in [0.717, 1.165) is 0 Å². The van der Waals surface area contributed by atoms with E-state index in [1.54, 1.807) is 25.1 Å². The quantitative estimate of drug-likeness (QED) is 0.788. The molecular weight excluding hydrogens is 284 g/mol. The van der Waals surface area contributed by atoms with Crippen LogP contribution in [0, 0.1) is 0 Å². The number of carbonyl (C=O) groups excluding carboxylic acids is 2. The topological polar surface area (TPSA) is 87.7 Å². The average molecular weight is 301 g/mol. The summed E-state index contributed by atoms with van der Waals surface area (Å²) in [7, 11) is 1.40. The third-order valence-corrected chi connectivity index (χ3v) is 2.79. The molecule has 6 nitrogen and oxygen atoms in total. The summed E-state index contributed by atoms with van der Waals surface area (Å²) >= 11 is 5.85. The molecule has 0 aliphatic carbocycles. The molecule has 0 radical (unpaired) electrons. The summed E-state index contributed by atoms with van der Waals surface area (Å²) < 4.78 is 5.46. The average Bonchev–Trinajstić information content (AvgIpc) is 2.40. The molecule has 0 bridgehead atoms. The van der Waals surface area contributed by atoms with Gasteiger partial charge in [0.05, 0.1) is 6.10 Å². The number of hydrogen-bond donors (Lipinski definition) is 3. The van der Waals surface area contributed by atoms with Crippen LogP contribution < -0.4 is 15.4 Å². The van der Waals surface area contributed by atoms with Gasteiger partial charge in [0.2, 0.25) is 0 Å². The van der Waals surface area contributed by atoms with Gasteiger partial charge in [0.25, 0.3) is 5.91 Å². The normalized spacial score (nSPS) is 13.2. The Morgan fingerprint density at radius 3 is 2.55 bits per heavy atom. The lowest BCUT2D eigenvalue weighted by molar-refractivity contribution is -0.126. The third-order valence-electron chi connectivity index (χ3n) is 2.56. The fraction of sp³-hybridized carbons (Fsp3) is 0.385. The lowest BCUT2D eigenvalue weighted by atomic mass is 10.1. The lowest BCUT2D eigenvalue weighted by Crippen LogP contribution is -2.44. The van der Waals surface area contributed by atoms with Crippen molar-refractivity contribution in [3.8, 4) is 5.75 Å². The number of halogens is 1. The summed E-state index contributed by atoms with van der Waals surface area (Å²) in [6.45, 7) is 3.06. The second-order valence-corrected chi connectivity index (χ2v) is 4.62. The zero-order chi connectivity index (χ0) is 15.3. The maximum Gasteiger partial charge on any atom is 0.321 e. The van der Waals surface area contributed by atoms with Gasteiger partial charge < -0.3 is 15.2 Å². The Hall–Kier alpha value is -1.79. The Labute approximate surface area is 122 Å². The highest BCUT2D eigenvalue weighted by Crippen LogP contribution is 2.29. The van der Waals surface area contributed by atoms with Gasteiger partial charge in [-0.05, 0) is 32.0 Å². The molecule has 1 aromatic carbocycles. The first kappa shape index (κ1) is 16.3. The Kier molecular flexibility index (Phi) is 5.79. The van der Waals surface area contributed by atoms with Crippen LogP contribution >= 0.6 is 11.6 Å². The van der Waals surface area contributed by atoms with Crippen LogP contribution in [0.5, 0.6) is 5.75 Å². The van der Waals surface area contributed by atoms with Crippen LogP contribution in [0.15, 0.2) is 18.2 Å². The number of amides is 3. The first-order valence-electron chi connectivity index (χ1n) is 6.02. The van der Waals surface area contributed by atoms with Crippen molar-refractivity contribution in [3.05, 3.63) is 28.8 Å². The zero-order valence-electron chi connectivity index (χ0n) is 11.4. The molecule has 110 valence electrons. The zero-order valence-corrected chi connectivity index (χ0v) is 12.2. The maximum absolute atomic E-state index is 11.7. The Morgan fingerprint density at radius 2 is 2.00 bits per heavy atom. The summed E-state index contributed by atoms with van der Waals surface area (Å²) in [5.41, 5.74) is 0.470. The van der Waals surface area contributed by atoms with Crippen molar-refractivity contribution >= 4 is 23.5 Å². The first-order valence-corrected chi connectivity index (χ1v) is 6.39. The number of rotatable bonds is 4. The second kappa shape index (κ2) is 7.12. The SMILES string of the molecule is CNC(=O)NC(=O)C(C)Oc1ccc(Cl)cc1[C@@H](C)O. The molecule has 0 saturated heterocycles. The summed E-state index contributed by atoms with van der Waals surface area (Å²) in [5, 5.41) is 14.5. The van der Waals surface area contributed by atoms with E-state index in [1.807, 2.05) is 0 Å². The molecule has 1 unspecified atom stereocenters. The van der Waals surface area contributed by atoms with Crippen molar-refractivity contribution in [2.75, 3.05) is 7.05 Å². The highest BCUT2D eigenvalue weighted by atomic mass is 35.5. The van der Waals surface area contributed by atoms with Gasteiger partial charge in [-0.3, -0.25) is 10.1 Å². The van der Waals surface area contributed by atoms with E-state index in [9.17, 15) is 14.7 Å². The van der Waals surface area contributed by atoms with Crippen LogP contribution in [0.4, 0.5) is 4.79 Å². The molecule has 0 aliphatic rings. The number of carbonyl (C=O) groups is 2. The molecule has 0 saturated carbocycles. The van der Waals surface area contributed by atoms with Gasteiger partial charge in [0.1, 0.15) is 5.75 Å². The van der Waals surface area contributed by atoms with Gasteiger partial charge in [0.15, 0.2) is 6.10 Å². The predicted molar refractivity (Wildman–Crippen MR) is 74.8 cm³/mol. The summed E-state index contributed by atoms with van der Waals surface area (Å²) in [6.07, 6.45) is -1.69. The Bertz CT molecular complexity index is 505. The van der Waals surface area contributed by atoms with E-state index in [2.05, 4.69) is 10.6 Å². The Balaban J connectivity index is 2.82. The molecule has 0 aliphatic heterocycles. The number of hydrogen-bond acceptors (Lipinski definition) is 4. The molecule has 2 atom stereocenters. The predicted octanol–water partition coefficient (Wildman–Crippen LogP) is 1.62. The van der Waals surface area contributed by atoms with Crippen LogP contribution in [0.2, 0.25) is 5.02 Å². The number of ether oxygens (including phenoxy) is 1. The van der Waals surface area contributed by atoms with E-state index >= 15 is 0 Å². The van der Waals surface area contributed by atoms with Gasteiger partial charge >= 0.3 is 6.03 Å². The van der Waals surface area contributed by atoms with Crippen molar-refractivity contribution in [2.45, 2.75) is 26.1 Å². The van der Waals surface area contributed by atoms with E-state index in [4.69, 9.17) is 16.3 Å². The molecule has 0 heterocycles. The van der Waals surface area contributed by atoms with Crippen LogP contribution in [-0.2, 0) is 4.79 Å². The molecule has 0 fully saturated rings. The van der Waals surface area contributed by atoms with Gasteiger partial charge in [-0.2, -0.15) is 0 Å². The van der Waals surface area contributed by atoms with Crippen molar-refractivity contribution in [1.82, 2.24) is 10.6 Å². The smallest absolute Gasteiger partial charge is 0.321 e. The minimum absolute atomic E-state index is 0.337. The van der Waals surface area contributed by atoms with Crippen LogP contribution in [0.1, 0.15) is 25.5 Å². The number of benzene rings is 1. The maximum atomic E-state index is 11.7. The van der Waals surface area contributed by atoms with Crippen LogP contribution in [-0.4, -0.2) is 30.2 Å². The summed E-state index contributed by atoms with van der Waals surface area (Å²) in [5.74, 6) is -0.250.